The van der Waals surface area contributed by atoms with Crippen molar-refractivity contribution in [1.82, 2.24) is 15.0 Å². The first-order chi connectivity index (χ1) is 7.36. The Morgan fingerprint density at radius 1 is 1.07 bits per heavy atom. The lowest BCUT2D eigenvalue weighted by Crippen LogP contribution is -2.34. The minimum absolute atomic E-state index is 0.994. The standard InChI is InChI=1S/C11H13N3Si/c1-15(11-13-8-12-9-14-11)7-10-5-3-2-4-6-10/h2-6,8-9,15H,7H2,1H3. The molecule has 0 fully saturated rings. The van der Waals surface area contributed by atoms with Crippen molar-refractivity contribution in [3.05, 3.63) is 48.5 Å². The molecule has 15 heavy (non-hydrogen) atoms. The Labute approximate surface area is 90.9 Å². The smallest absolute Gasteiger partial charge is 0.120 e. The Morgan fingerprint density at radius 3 is 2.40 bits per heavy atom. The molecule has 0 N–H and O–H groups in total. The van der Waals surface area contributed by atoms with E-state index in [0.29, 0.717) is 0 Å². The molecular weight excluding hydrogens is 202 g/mol. The number of hydrogen-bond donors (Lipinski definition) is 0. The van der Waals surface area contributed by atoms with Gasteiger partial charge in [-0.05, 0) is 6.04 Å². The summed E-state index contributed by atoms with van der Waals surface area (Å²) in [5, 5.41) is 0. The fraction of sp³-hybridized carbons (Fsp3) is 0.182. The highest BCUT2D eigenvalue weighted by Gasteiger charge is 2.10. The summed E-state index contributed by atoms with van der Waals surface area (Å²) in [6.45, 7) is 2.27. The molecule has 1 aromatic heterocycles. The normalized spacial score (nSPS) is 12.3. The van der Waals surface area contributed by atoms with Gasteiger partial charge in [-0.3, -0.25) is 0 Å². The van der Waals surface area contributed by atoms with Crippen LogP contribution in [-0.4, -0.2) is 23.7 Å². The molecule has 1 unspecified atom stereocenters. The van der Waals surface area contributed by atoms with Crippen LogP contribution in [0.4, 0.5) is 0 Å². The molecule has 0 aliphatic rings. The van der Waals surface area contributed by atoms with Gasteiger partial charge in [0.1, 0.15) is 26.9 Å². The average Bonchev–Trinajstić information content (AvgIpc) is 2.31. The van der Waals surface area contributed by atoms with Crippen LogP contribution in [-0.2, 0) is 6.04 Å². The number of nitrogens with zero attached hydrogens (tertiary/aromatic N) is 3. The van der Waals surface area contributed by atoms with Crippen LogP contribution in [0.15, 0.2) is 43.0 Å². The van der Waals surface area contributed by atoms with Crippen LogP contribution in [0, 0.1) is 0 Å². The van der Waals surface area contributed by atoms with Gasteiger partial charge in [0.15, 0.2) is 0 Å². The van der Waals surface area contributed by atoms with Gasteiger partial charge >= 0.3 is 0 Å². The van der Waals surface area contributed by atoms with E-state index in [2.05, 4.69) is 45.8 Å². The van der Waals surface area contributed by atoms with Crippen molar-refractivity contribution >= 4 is 14.2 Å². The topological polar surface area (TPSA) is 38.7 Å². The molecule has 1 atom stereocenters. The third-order valence-corrected chi connectivity index (χ3v) is 4.60. The third-order valence-electron chi connectivity index (χ3n) is 2.34. The van der Waals surface area contributed by atoms with Crippen molar-refractivity contribution in [2.75, 3.05) is 0 Å². The van der Waals surface area contributed by atoms with Crippen molar-refractivity contribution in [1.29, 1.82) is 0 Å². The minimum atomic E-state index is -1.05. The van der Waals surface area contributed by atoms with Crippen LogP contribution in [0.1, 0.15) is 5.56 Å². The van der Waals surface area contributed by atoms with Gasteiger partial charge in [-0.1, -0.05) is 42.4 Å². The summed E-state index contributed by atoms with van der Waals surface area (Å²) in [7, 11) is -1.05. The molecule has 0 spiro atoms. The predicted molar refractivity (Wildman–Crippen MR) is 62.6 cm³/mol. The molecule has 4 heteroatoms. The lowest BCUT2D eigenvalue weighted by atomic mass is 10.2. The van der Waals surface area contributed by atoms with Gasteiger partial charge in [0.25, 0.3) is 0 Å². The Bertz CT molecular complexity index is 405. The third kappa shape index (κ3) is 2.70. The quantitative estimate of drug-likeness (QED) is 0.708. The molecule has 3 nitrogen and oxygen atoms in total. The Morgan fingerprint density at radius 2 is 1.73 bits per heavy atom. The Hall–Kier alpha value is -1.55. The Kier molecular flexibility index (Phi) is 3.19. The van der Waals surface area contributed by atoms with E-state index in [-0.39, 0.29) is 0 Å². The maximum Gasteiger partial charge on any atom is 0.120 e. The van der Waals surface area contributed by atoms with Gasteiger partial charge in [-0.15, -0.1) is 0 Å². The van der Waals surface area contributed by atoms with E-state index in [1.165, 1.54) is 5.56 Å². The summed E-state index contributed by atoms with van der Waals surface area (Å²) in [4.78, 5) is 12.3. The maximum atomic E-state index is 4.21. The summed E-state index contributed by atoms with van der Waals surface area (Å²) >= 11 is 0. The van der Waals surface area contributed by atoms with Gasteiger partial charge in [-0.2, -0.15) is 0 Å². The molecular formula is C11H13N3Si. The predicted octanol–water partition coefficient (Wildman–Crippen LogP) is 0.717. The Balaban J connectivity index is 2.08. The first kappa shape index (κ1) is 9.98. The first-order valence-corrected chi connectivity index (χ1v) is 7.57. The highest BCUT2D eigenvalue weighted by Crippen LogP contribution is 2.01. The van der Waals surface area contributed by atoms with Crippen molar-refractivity contribution < 1.29 is 0 Å². The van der Waals surface area contributed by atoms with Crippen LogP contribution < -0.4 is 5.45 Å². The van der Waals surface area contributed by atoms with Crippen molar-refractivity contribution in [3.8, 4) is 0 Å². The van der Waals surface area contributed by atoms with E-state index < -0.39 is 8.80 Å². The van der Waals surface area contributed by atoms with E-state index in [4.69, 9.17) is 0 Å². The number of aromatic nitrogens is 3. The van der Waals surface area contributed by atoms with E-state index in [9.17, 15) is 0 Å². The molecule has 76 valence electrons. The van der Waals surface area contributed by atoms with E-state index >= 15 is 0 Å². The zero-order valence-electron chi connectivity index (χ0n) is 8.67. The molecule has 1 aromatic carbocycles. The van der Waals surface area contributed by atoms with Crippen molar-refractivity contribution in [2.24, 2.45) is 0 Å². The molecule has 0 aliphatic heterocycles. The first-order valence-electron chi connectivity index (χ1n) is 5.02. The van der Waals surface area contributed by atoms with Crippen LogP contribution in [0.2, 0.25) is 6.55 Å². The molecule has 2 aromatic rings. The second kappa shape index (κ2) is 4.79. The number of hydrogen-bond acceptors (Lipinski definition) is 3. The van der Waals surface area contributed by atoms with Gasteiger partial charge < -0.3 is 0 Å². The largest absolute Gasteiger partial charge is 0.227 e. The summed E-state index contributed by atoms with van der Waals surface area (Å²) in [5.74, 6) is 0. The lowest BCUT2D eigenvalue weighted by Gasteiger charge is -2.07. The monoisotopic (exact) mass is 215 g/mol. The second-order valence-corrected chi connectivity index (χ2v) is 6.31. The number of rotatable bonds is 3. The highest BCUT2D eigenvalue weighted by molar-refractivity contribution is 6.69. The molecule has 0 amide bonds. The summed E-state index contributed by atoms with van der Waals surface area (Å²) in [5.41, 5.74) is 2.37. The SMILES string of the molecule is C[SiH](Cc1ccccc1)c1ncncn1. The molecule has 0 saturated heterocycles. The van der Waals surface area contributed by atoms with Gasteiger partial charge in [-0.25, -0.2) is 15.0 Å². The van der Waals surface area contributed by atoms with E-state index in [1.54, 1.807) is 12.7 Å². The summed E-state index contributed by atoms with van der Waals surface area (Å²) < 4.78 is 0. The fourth-order valence-electron chi connectivity index (χ4n) is 1.56. The van der Waals surface area contributed by atoms with E-state index in [0.717, 1.165) is 11.5 Å². The van der Waals surface area contributed by atoms with Crippen molar-refractivity contribution in [2.45, 2.75) is 12.6 Å². The molecule has 0 aliphatic carbocycles. The highest BCUT2D eigenvalue weighted by atomic mass is 28.3. The summed E-state index contributed by atoms with van der Waals surface area (Å²) in [6.07, 6.45) is 3.16. The second-order valence-electron chi connectivity index (χ2n) is 3.59. The number of benzene rings is 1. The molecule has 1 heterocycles. The van der Waals surface area contributed by atoms with Gasteiger partial charge in [0, 0.05) is 0 Å². The fourth-order valence-corrected chi connectivity index (χ4v) is 3.37. The van der Waals surface area contributed by atoms with Gasteiger partial charge in [0.2, 0.25) is 0 Å². The maximum absolute atomic E-state index is 4.21. The van der Waals surface area contributed by atoms with Crippen molar-refractivity contribution in [3.63, 3.8) is 0 Å². The zero-order chi connectivity index (χ0) is 10.5. The minimum Gasteiger partial charge on any atom is -0.227 e. The van der Waals surface area contributed by atoms with E-state index in [1.807, 2.05) is 6.07 Å². The summed E-state index contributed by atoms with van der Waals surface area (Å²) in [6, 6.07) is 11.6. The van der Waals surface area contributed by atoms with Crippen LogP contribution in [0.5, 0.6) is 0 Å². The van der Waals surface area contributed by atoms with Crippen LogP contribution >= 0.6 is 0 Å². The average molecular weight is 215 g/mol. The van der Waals surface area contributed by atoms with Gasteiger partial charge in [0.05, 0.1) is 0 Å². The molecule has 0 radical (unpaired) electrons. The van der Waals surface area contributed by atoms with Crippen LogP contribution in [0.3, 0.4) is 0 Å². The molecule has 2 rings (SSSR count). The lowest BCUT2D eigenvalue weighted by molar-refractivity contribution is 1.08. The zero-order valence-corrected chi connectivity index (χ0v) is 9.82. The molecule has 0 bridgehead atoms. The van der Waals surface area contributed by atoms with Crippen LogP contribution in [0.25, 0.3) is 0 Å². The molecule has 0 saturated carbocycles.